The third-order valence-electron chi connectivity index (χ3n) is 10.6. The van der Waals surface area contributed by atoms with E-state index >= 15 is 0 Å². The van der Waals surface area contributed by atoms with E-state index in [2.05, 4.69) is 20.3 Å². The van der Waals surface area contributed by atoms with Crippen molar-refractivity contribution in [3.05, 3.63) is 82.2 Å². The van der Waals surface area contributed by atoms with Crippen molar-refractivity contribution in [1.82, 2.24) is 30.2 Å². The van der Waals surface area contributed by atoms with Gasteiger partial charge in [0.25, 0.3) is 11.8 Å². The van der Waals surface area contributed by atoms with Crippen LogP contribution in [0.5, 0.6) is 11.5 Å². The number of hydrogen-bond acceptors (Lipinski definition) is 16. The lowest BCUT2D eigenvalue weighted by molar-refractivity contribution is -0.111. The molecule has 0 aliphatic rings. The summed E-state index contributed by atoms with van der Waals surface area (Å²) in [7, 11) is 7.70. The second-order valence-electron chi connectivity index (χ2n) is 15.7. The summed E-state index contributed by atoms with van der Waals surface area (Å²) in [5.74, 6) is 3.99. The Hall–Kier alpha value is -5.94. The van der Waals surface area contributed by atoms with Crippen LogP contribution >= 0.6 is 0 Å². The molecule has 4 aromatic heterocycles. The maximum atomic E-state index is 11.5. The number of hydrogen-bond donors (Lipinski definition) is 4. The predicted molar refractivity (Wildman–Crippen MR) is 237 cm³/mol. The van der Waals surface area contributed by atoms with Crippen molar-refractivity contribution in [2.75, 3.05) is 51.2 Å². The molecule has 0 saturated carbocycles. The Balaban J connectivity index is 1.18. The summed E-state index contributed by atoms with van der Waals surface area (Å²) in [6.45, 7) is 10.6. The highest BCUT2D eigenvalue weighted by Gasteiger charge is 2.35. The molecule has 4 heterocycles. The molecule has 4 N–H and O–H groups in total. The number of anilines is 2. The van der Waals surface area contributed by atoms with Crippen LogP contribution in [-0.2, 0) is 25.7 Å². The summed E-state index contributed by atoms with van der Waals surface area (Å²) >= 11 is 0. The smallest absolute Gasteiger partial charge is 0.258 e. The summed E-state index contributed by atoms with van der Waals surface area (Å²) in [6, 6.07) is 15.1. The van der Waals surface area contributed by atoms with Crippen LogP contribution in [0, 0.1) is 13.8 Å². The Kier molecular flexibility index (Phi) is 14.6. The molecule has 6 rings (SSSR count). The first-order valence-corrected chi connectivity index (χ1v) is 20.9. The van der Waals surface area contributed by atoms with Gasteiger partial charge in [-0.2, -0.15) is 9.97 Å². The summed E-state index contributed by atoms with van der Waals surface area (Å²) in [5.41, 5.74) is 7.71. The predicted octanol–water partition coefficient (Wildman–Crippen LogP) is 5.81. The molecular formula is C46H58N8O8. The van der Waals surface area contributed by atoms with E-state index in [0.29, 0.717) is 58.9 Å². The largest absolute Gasteiger partial charge is 0.490 e. The molecule has 0 saturated heterocycles. The molecule has 4 atom stereocenters. The quantitative estimate of drug-likeness (QED) is 0.0758. The standard InChI is InChI=1S/C46H58N8O8/c1-11-27-17-29(43-49-45(61-51-43)31-19-33(13-3)47-37(21-31)53(7)8)15-25(5)40(27)59-24-36(57)39(58)42(35(56)23-55)60-41-26(6)16-30(18-28(41)12-2)44-50-46(62-52-44)32-20-34(14-4)48-38(22-32)54(9)10/h15-22,35-36,39,42,55-58H,11-14,23-24H2,1-10H3. The average molecular weight is 851 g/mol. The number of benzene rings is 2. The van der Waals surface area contributed by atoms with Gasteiger partial charge < -0.3 is 48.7 Å². The van der Waals surface area contributed by atoms with Crippen LogP contribution in [0.15, 0.2) is 57.6 Å². The molecule has 16 nitrogen and oxygen atoms in total. The third kappa shape index (κ3) is 10.1. The van der Waals surface area contributed by atoms with Gasteiger partial charge in [-0.3, -0.25) is 0 Å². The SMILES string of the molecule is CCc1cc(-c2nc(-c3cc(C)c(OCC(O)C(O)C(Oc4c(C)cc(-c5noc(-c6cc(CC)nc(N(C)C)c6)n5)cc4CC)C(O)CO)c(CC)c3)no2)cc(N(C)C)n1. The number of nitrogens with zero attached hydrogens (tertiary/aromatic N) is 8. The first kappa shape index (κ1) is 45.6. The number of aromatic nitrogens is 6. The van der Waals surface area contributed by atoms with Crippen LogP contribution in [-0.4, -0.2) is 116 Å². The first-order chi connectivity index (χ1) is 29.7. The van der Waals surface area contributed by atoms with Gasteiger partial charge in [-0.1, -0.05) is 38.0 Å². The van der Waals surface area contributed by atoms with E-state index in [4.69, 9.17) is 28.5 Å². The van der Waals surface area contributed by atoms with Gasteiger partial charge in [0.1, 0.15) is 48.1 Å². The van der Waals surface area contributed by atoms with Gasteiger partial charge in [-0.05, 0) is 110 Å². The summed E-state index contributed by atoms with van der Waals surface area (Å²) < 4.78 is 23.9. The van der Waals surface area contributed by atoms with Gasteiger partial charge in [0.2, 0.25) is 11.6 Å². The number of ether oxygens (including phenoxy) is 2. The van der Waals surface area contributed by atoms with Crippen molar-refractivity contribution < 1.29 is 38.9 Å². The fourth-order valence-corrected chi connectivity index (χ4v) is 7.08. The van der Waals surface area contributed by atoms with E-state index in [1.165, 1.54) is 0 Å². The molecule has 62 heavy (non-hydrogen) atoms. The van der Waals surface area contributed by atoms with Gasteiger partial charge in [0, 0.05) is 61.8 Å². The molecule has 0 aliphatic heterocycles. The maximum absolute atomic E-state index is 11.5. The maximum Gasteiger partial charge on any atom is 0.258 e. The second-order valence-corrected chi connectivity index (χ2v) is 15.7. The van der Waals surface area contributed by atoms with Crippen molar-refractivity contribution in [2.24, 2.45) is 0 Å². The lowest BCUT2D eigenvalue weighted by Crippen LogP contribution is -2.51. The fourth-order valence-electron chi connectivity index (χ4n) is 7.08. The molecule has 0 bridgehead atoms. The van der Waals surface area contributed by atoms with Gasteiger partial charge in [0.15, 0.2) is 6.10 Å². The van der Waals surface area contributed by atoms with Crippen molar-refractivity contribution in [3.63, 3.8) is 0 Å². The zero-order chi connectivity index (χ0) is 44.8. The van der Waals surface area contributed by atoms with Crippen molar-refractivity contribution in [2.45, 2.75) is 91.6 Å². The number of pyridine rings is 2. The van der Waals surface area contributed by atoms with Gasteiger partial charge in [0.05, 0.1) is 6.61 Å². The monoisotopic (exact) mass is 850 g/mol. The molecule has 2 aromatic carbocycles. The second kappa shape index (κ2) is 19.8. The minimum absolute atomic E-state index is 0.333. The van der Waals surface area contributed by atoms with Gasteiger partial charge >= 0.3 is 0 Å². The molecule has 0 fully saturated rings. The Morgan fingerprint density at radius 2 is 1.05 bits per heavy atom. The zero-order valence-electron chi connectivity index (χ0n) is 37.2. The molecule has 0 radical (unpaired) electrons. The lowest BCUT2D eigenvalue weighted by Gasteiger charge is -2.31. The lowest BCUT2D eigenvalue weighted by atomic mass is 10.00. The van der Waals surface area contributed by atoms with Crippen molar-refractivity contribution in [1.29, 1.82) is 0 Å². The summed E-state index contributed by atoms with van der Waals surface area (Å²) in [5, 5.41) is 52.3. The minimum Gasteiger partial charge on any atom is -0.490 e. The molecule has 16 heteroatoms. The number of aliphatic hydroxyl groups is 4. The first-order valence-electron chi connectivity index (χ1n) is 20.9. The molecule has 330 valence electrons. The Bertz CT molecular complexity index is 2470. The Labute approximate surface area is 362 Å². The minimum atomic E-state index is -1.65. The third-order valence-corrected chi connectivity index (χ3v) is 10.6. The van der Waals surface area contributed by atoms with Crippen molar-refractivity contribution in [3.8, 4) is 57.2 Å². The summed E-state index contributed by atoms with van der Waals surface area (Å²) in [6.07, 6.45) is -3.53. The molecule has 4 unspecified atom stereocenters. The Morgan fingerprint density at radius 1 is 0.581 bits per heavy atom. The highest BCUT2D eigenvalue weighted by Crippen LogP contribution is 2.35. The molecular weight excluding hydrogens is 793 g/mol. The van der Waals surface area contributed by atoms with E-state index in [0.717, 1.165) is 69.2 Å². The zero-order valence-corrected chi connectivity index (χ0v) is 37.2. The van der Waals surface area contributed by atoms with E-state index in [1.54, 1.807) is 0 Å². The molecule has 6 aromatic rings. The molecule has 0 spiro atoms. The molecule has 0 aliphatic carbocycles. The van der Waals surface area contributed by atoms with Crippen LogP contribution in [0.4, 0.5) is 11.6 Å². The van der Waals surface area contributed by atoms with Crippen LogP contribution in [0.1, 0.15) is 61.3 Å². The van der Waals surface area contributed by atoms with Gasteiger partial charge in [-0.15, -0.1) is 0 Å². The Morgan fingerprint density at radius 3 is 1.48 bits per heavy atom. The number of rotatable bonds is 19. The van der Waals surface area contributed by atoms with E-state index in [9.17, 15) is 20.4 Å². The van der Waals surface area contributed by atoms with Gasteiger partial charge in [-0.25, -0.2) is 9.97 Å². The van der Waals surface area contributed by atoms with Crippen LogP contribution < -0.4 is 19.3 Å². The van der Waals surface area contributed by atoms with Crippen molar-refractivity contribution >= 4 is 11.6 Å². The average Bonchev–Trinajstić information content (AvgIpc) is 3.98. The van der Waals surface area contributed by atoms with Crippen LogP contribution in [0.2, 0.25) is 0 Å². The highest BCUT2D eigenvalue weighted by atomic mass is 16.5. The topological polar surface area (TPSA) is 209 Å². The normalized spacial score (nSPS) is 13.5. The fraction of sp³-hybridized carbons (Fsp3) is 0.435. The number of aliphatic hydroxyl groups excluding tert-OH is 4. The summed E-state index contributed by atoms with van der Waals surface area (Å²) in [4.78, 5) is 22.6. The highest BCUT2D eigenvalue weighted by molar-refractivity contribution is 5.67. The van der Waals surface area contributed by atoms with E-state index in [-0.39, 0.29) is 6.61 Å². The number of aryl methyl sites for hydroxylation is 6. The van der Waals surface area contributed by atoms with E-state index in [1.807, 2.05) is 128 Å². The van der Waals surface area contributed by atoms with Crippen LogP contribution in [0.25, 0.3) is 45.7 Å². The van der Waals surface area contributed by atoms with Crippen LogP contribution in [0.3, 0.4) is 0 Å². The molecule has 0 amide bonds. The van der Waals surface area contributed by atoms with E-state index < -0.39 is 31.0 Å².